The zero-order valence-corrected chi connectivity index (χ0v) is 9.92. The molecule has 1 N–H and O–H groups in total. The molecule has 1 saturated carbocycles. The van der Waals surface area contributed by atoms with E-state index in [1.807, 2.05) is 0 Å². The molecule has 82 valence electrons. The molecule has 1 unspecified atom stereocenters. The summed E-state index contributed by atoms with van der Waals surface area (Å²) in [6.45, 7) is 2.15. The molecule has 0 amide bonds. The molecule has 0 saturated heterocycles. The first-order valence-corrected chi connectivity index (χ1v) is 6.18. The van der Waals surface area contributed by atoms with Crippen molar-refractivity contribution in [3.8, 4) is 0 Å². The third-order valence-corrected chi connectivity index (χ3v) is 3.72. The van der Waals surface area contributed by atoms with Crippen LogP contribution >= 0.6 is 0 Å². The van der Waals surface area contributed by atoms with E-state index in [4.69, 9.17) is 0 Å². The Bertz CT molecular complexity index is 296. The topological polar surface area (TPSA) is 4.44 Å². The van der Waals surface area contributed by atoms with E-state index in [1.54, 1.807) is 4.90 Å². The van der Waals surface area contributed by atoms with Gasteiger partial charge in [0, 0.05) is 0 Å². The second-order valence-corrected chi connectivity index (χ2v) is 4.88. The molecular formula is C14H22N+. The van der Waals surface area contributed by atoms with Crippen LogP contribution in [0.25, 0.3) is 0 Å². The normalized spacial score (nSPS) is 20.1. The van der Waals surface area contributed by atoms with E-state index in [1.165, 1.54) is 43.4 Å². The largest absolute Gasteiger partial charge is 0.303 e. The smallest absolute Gasteiger partial charge is 0.131 e. The van der Waals surface area contributed by atoms with Gasteiger partial charge in [0.1, 0.15) is 5.69 Å². The van der Waals surface area contributed by atoms with E-state index in [-0.39, 0.29) is 0 Å². The Balaban J connectivity index is 2.05. The fourth-order valence-corrected chi connectivity index (χ4v) is 2.59. The Morgan fingerprint density at radius 3 is 2.20 bits per heavy atom. The Kier molecular flexibility index (Phi) is 3.42. The Hall–Kier alpha value is -0.820. The molecule has 0 radical (unpaired) electrons. The number of hydrogen-bond donors (Lipinski definition) is 1. The highest BCUT2D eigenvalue weighted by atomic mass is 15.1. The molecule has 1 nitrogen and oxygen atoms in total. The van der Waals surface area contributed by atoms with Crippen LogP contribution in [0.5, 0.6) is 0 Å². The summed E-state index contributed by atoms with van der Waals surface area (Å²) in [6.07, 6.45) is 7.10. The molecule has 2 rings (SSSR count). The van der Waals surface area contributed by atoms with Crippen molar-refractivity contribution in [3.63, 3.8) is 0 Å². The fraction of sp³-hybridized carbons (Fsp3) is 0.571. The zero-order valence-electron chi connectivity index (χ0n) is 9.92. The van der Waals surface area contributed by atoms with Crippen LogP contribution < -0.4 is 4.90 Å². The third-order valence-electron chi connectivity index (χ3n) is 3.72. The van der Waals surface area contributed by atoms with Gasteiger partial charge in [-0.15, -0.1) is 0 Å². The summed E-state index contributed by atoms with van der Waals surface area (Å²) in [7, 11) is 2.32. The molecule has 1 aliphatic rings. The predicted molar refractivity (Wildman–Crippen MR) is 64.6 cm³/mol. The lowest BCUT2D eigenvalue weighted by Crippen LogP contribution is -3.08. The van der Waals surface area contributed by atoms with E-state index in [2.05, 4.69) is 38.2 Å². The fourth-order valence-electron chi connectivity index (χ4n) is 2.59. The second-order valence-electron chi connectivity index (χ2n) is 4.88. The molecule has 1 aromatic rings. The molecule has 0 aromatic heterocycles. The molecule has 0 bridgehead atoms. The first kappa shape index (κ1) is 10.7. The van der Waals surface area contributed by atoms with E-state index >= 15 is 0 Å². The highest BCUT2D eigenvalue weighted by Gasteiger charge is 2.22. The molecule has 1 fully saturated rings. The molecule has 1 aromatic carbocycles. The van der Waals surface area contributed by atoms with Crippen LogP contribution in [-0.2, 0) is 0 Å². The van der Waals surface area contributed by atoms with Gasteiger partial charge in [-0.25, -0.2) is 0 Å². The van der Waals surface area contributed by atoms with Gasteiger partial charge in [0.15, 0.2) is 0 Å². The SMILES string of the molecule is Cc1ccc([NH+](C)C2CCCCC2)cc1. The maximum Gasteiger partial charge on any atom is 0.131 e. The number of aryl methyl sites for hydroxylation is 1. The van der Waals surface area contributed by atoms with Crippen molar-refractivity contribution >= 4 is 5.69 Å². The van der Waals surface area contributed by atoms with Gasteiger partial charge in [-0.2, -0.15) is 0 Å². The van der Waals surface area contributed by atoms with Crippen molar-refractivity contribution in [2.45, 2.75) is 45.1 Å². The minimum absolute atomic E-state index is 0.849. The van der Waals surface area contributed by atoms with Gasteiger partial charge in [-0.3, -0.25) is 0 Å². The average molecular weight is 204 g/mol. The molecule has 1 heteroatoms. The van der Waals surface area contributed by atoms with Crippen LogP contribution in [0.15, 0.2) is 24.3 Å². The van der Waals surface area contributed by atoms with Crippen molar-refractivity contribution in [1.29, 1.82) is 0 Å². The van der Waals surface area contributed by atoms with Crippen LogP contribution in [0.2, 0.25) is 0 Å². The van der Waals surface area contributed by atoms with Crippen molar-refractivity contribution < 1.29 is 4.90 Å². The molecule has 1 atom stereocenters. The molecular weight excluding hydrogens is 182 g/mol. The molecule has 15 heavy (non-hydrogen) atoms. The summed E-state index contributed by atoms with van der Waals surface area (Å²) in [5.74, 6) is 0. The van der Waals surface area contributed by atoms with Crippen LogP contribution in [0.3, 0.4) is 0 Å². The summed E-state index contributed by atoms with van der Waals surface area (Å²) in [6, 6.07) is 9.85. The molecule has 0 spiro atoms. The van der Waals surface area contributed by atoms with E-state index in [0.29, 0.717) is 0 Å². The lowest BCUT2D eigenvalue weighted by atomic mass is 9.94. The Labute approximate surface area is 93.1 Å². The first-order chi connectivity index (χ1) is 7.27. The van der Waals surface area contributed by atoms with Gasteiger partial charge in [-0.05, 0) is 44.7 Å². The van der Waals surface area contributed by atoms with Crippen LogP contribution in [0, 0.1) is 6.92 Å². The number of quaternary nitrogens is 1. The number of hydrogen-bond acceptors (Lipinski definition) is 0. The zero-order chi connectivity index (χ0) is 10.7. The van der Waals surface area contributed by atoms with Crippen LogP contribution in [0.1, 0.15) is 37.7 Å². The number of nitrogens with one attached hydrogen (secondary N) is 1. The van der Waals surface area contributed by atoms with Crippen molar-refractivity contribution in [3.05, 3.63) is 29.8 Å². The number of rotatable bonds is 2. The summed E-state index contributed by atoms with van der Waals surface area (Å²) in [4.78, 5) is 1.61. The van der Waals surface area contributed by atoms with Crippen molar-refractivity contribution in [1.82, 2.24) is 0 Å². The van der Waals surface area contributed by atoms with Gasteiger partial charge < -0.3 is 4.90 Å². The standard InChI is InChI=1S/C14H21N/c1-12-8-10-14(11-9-12)15(2)13-6-4-3-5-7-13/h8-11,13H,3-7H2,1-2H3/p+1. The van der Waals surface area contributed by atoms with E-state index in [9.17, 15) is 0 Å². The van der Waals surface area contributed by atoms with Gasteiger partial charge in [0.25, 0.3) is 0 Å². The first-order valence-electron chi connectivity index (χ1n) is 6.18. The van der Waals surface area contributed by atoms with E-state index in [0.717, 1.165) is 6.04 Å². The van der Waals surface area contributed by atoms with Crippen molar-refractivity contribution in [2.75, 3.05) is 7.05 Å². The summed E-state index contributed by atoms with van der Waals surface area (Å²) in [5.41, 5.74) is 2.81. The quantitative estimate of drug-likeness (QED) is 0.755. The lowest BCUT2D eigenvalue weighted by Gasteiger charge is -2.27. The van der Waals surface area contributed by atoms with Gasteiger partial charge in [-0.1, -0.05) is 24.1 Å². The summed E-state index contributed by atoms with van der Waals surface area (Å²) >= 11 is 0. The molecule has 1 aliphatic carbocycles. The maximum atomic E-state index is 2.32. The third kappa shape index (κ3) is 2.60. The second kappa shape index (κ2) is 4.80. The predicted octanol–water partition coefficient (Wildman–Crippen LogP) is 2.47. The summed E-state index contributed by atoms with van der Waals surface area (Å²) < 4.78 is 0. The highest BCUT2D eigenvalue weighted by molar-refractivity contribution is 5.31. The minimum atomic E-state index is 0.849. The monoisotopic (exact) mass is 204 g/mol. The van der Waals surface area contributed by atoms with Crippen LogP contribution in [-0.4, -0.2) is 13.1 Å². The van der Waals surface area contributed by atoms with Gasteiger partial charge in [0.05, 0.1) is 13.1 Å². The molecule has 0 aliphatic heterocycles. The van der Waals surface area contributed by atoms with Crippen molar-refractivity contribution in [2.24, 2.45) is 0 Å². The maximum absolute atomic E-state index is 2.32. The van der Waals surface area contributed by atoms with E-state index < -0.39 is 0 Å². The minimum Gasteiger partial charge on any atom is -0.303 e. The molecule has 0 heterocycles. The Morgan fingerprint density at radius 2 is 1.60 bits per heavy atom. The average Bonchev–Trinajstić information content (AvgIpc) is 2.30. The lowest BCUT2D eigenvalue weighted by molar-refractivity contribution is -0.841. The summed E-state index contributed by atoms with van der Waals surface area (Å²) in [5, 5.41) is 0. The van der Waals surface area contributed by atoms with Gasteiger partial charge >= 0.3 is 0 Å². The van der Waals surface area contributed by atoms with Gasteiger partial charge in [0.2, 0.25) is 0 Å². The highest BCUT2D eigenvalue weighted by Crippen LogP contribution is 2.17. The Morgan fingerprint density at radius 1 is 1.00 bits per heavy atom. The van der Waals surface area contributed by atoms with Crippen LogP contribution in [0.4, 0.5) is 5.69 Å². The number of benzene rings is 1.